The number of alkyl halides is 1. The van der Waals surface area contributed by atoms with Crippen LogP contribution in [-0.2, 0) is 11.3 Å². The standard InChI is InChI=1S/C18H21ClF2N2O/c1-22-18(24-12-14-6-7-15(19)10-16(14)20)5-3-2-4-13-8-9-23-11-17(13)21/h2-3,5-7,10,13,17,23H,1,4,8-9,11-12H2/b3-2-,18-5+. The Balaban J connectivity index is 1.84. The average Bonchev–Trinajstić information content (AvgIpc) is 2.57. The van der Waals surface area contributed by atoms with Gasteiger partial charge in [-0.25, -0.2) is 13.8 Å². The largest absolute Gasteiger partial charge is 0.473 e. The van der Waals surface area contributed by atoms with E-state index in [1.165, 1.54) is 6.07 Å². The Morgan fingerprint density at radius 3 is 3.04 bits per heavy atom. The predicted octanol–water partition coefficient (Wildman–Crippen LogP) is 4.43. The Morgan fingerprint density at radius 1 is 1.50 bits per heavy atom. The first-order valence-electron chi connectivity index (χ1n) is 7.85. The number of ether oxygens (including phenoxy) is 1. The Bertz CT molecular complexity index is 619. The van der Waals surface area contributed by atoms with Crippen molar-refractivity contribution in [1.82, 2.24) is 5.32 Å². The summed E-state index contributed by atoms with van der Waals surface area (Å²) in [4.78, 5) is 3.75. The molecule has 0 saturated carbocycles. The van der Waals surface area contributed by atoms with Gasteiger partial charge in [0.15, 0.2) is 0 Å². The first-order valence-corrected chi connectivity index (χ1v) is 8.23. The molecule has 0 spiro atoms. The molecule has 1 heterocycles. The van der Waals surface area contributed by atoms with Crippen molar-refractivity contribution in [3.63, 3.8) is 0 Å². The normalized spacial score (nSPS) is 21.9. The van der Waals surface area contributed by atoms with Gasteiger partial charge in [-0.3, -0.25) is 0 Å². The first-order chi connectivity index (χ1) is 11.6. The number of hydrogen-bond donors (Lipinski definition) is 1. The number of halogens is 3. The van der Waals surface area contributed by atoms with Crippen molar-refractivity contribution in [1.29, 1.82) is 0 Å². The third kappa shape index (κ3) is 5.73. The fraction of sp³-hybridized carbons (Fsp3) is 0.389. The number of rotatable bonds is 7. The van der Waals surface area contributed by atoms with Gasteiger partial charge in [-0.1, -0.05) is 29.8 Å². The Kier molecular flexibility index (Phi) is 7.40. The number of aliphatic imine (C=N–C) groups is 1. The van der Waals surface area contributed by atoms with E-state index in [0.717, 1.165) is 13.0 Å². The predicted molar refractivity (Wildman–Crippen MR) is 93.5 cm³/mol. The highest BCUT2D eigenvalue weighted by molar-refractivity contribution is 6.30. The summed E-state index contributed by atoms with van der Waals surface area (Å²) in [5, 5.41) is 3.36. The van der Waals surface area contributed by atoms with Crippen molar-refractivity contribution in [3.8, 4) is 0 Å². The molecule has 3 nitrogen and oxygen atoms in total. The molecule has 1 saturated heterocycles. The Labute approximate surface area is 146 Å². The van der Waals surface area contributed by atoms with Gasteiger partial charge in [-0.2, -0.15) is 0 Å². The fourth-order valence-electron chi connectivity index (χ4n) is 2.48. The summed E-state index contributed by atoms with van der Waals surface area (Å²) in [6.07, 6.45) is 5.96. The van der Waals surface area contributed by atoms with Crippen molar-refractivity contribution in [2.45, 2.75) is 25.6 Å². The molecule has 130 valence electrons. The van der Waals surface area contributed by atoms with Gasteiger partial charge in [-0.15, -0.1) is 0 Å². The molecular formula is C18H21ClF2N2O. The van der Waals surface area contributed by atoms with E-state index in [0.29, 0.717) is 23.6 Å². The monoisotopic (exact) mass is 354 g/mol. The van der Waals surface area contributed by atoms with Gasteiger partial charge in [0.1, 0.15) is 18.6 Å². The van der Waals surface area contributed by atoms with E-state index < -0.39 is 12.0 Å². The number of allylic oxidation sites excluding steroid dienone is 3. The zero-order chi connectivity index (χ0) is 17.4. The van der Waals surface area contributed by atoms with Crippen molar-refractivity contribution in [2.24, 2.45) is 10.9 Å². The Morgan fingerprint density at radius 2 is 2.33 bits per heavy atom. The summed E-state index contributed by atoms with van der Waals surface area (Å²) in [6.45, 7) is 4.73. The average molecular weight is 355 g/mol. The van der Waals surface area contributed by atoms with E-state index in [9.17, 15) is 8.78 Å². The van der Waals surface area contributed by atoms with Gasteiger partial charge in [0.25, 0.3) is 0 Å². The zero-order valence-electron chi connectivity index (χ0n) is 13.4. The van der Waals surface area contributed by atoms with Crippen molar-refractivity contribution < 1.29 is 13.5 Å². The minimum atomic E-state index is -0.812. The topological polar surface area (TPSA) is 33.6 Å². The van der Waals surface area contributed by atoms with Crippen LogP contribution < -0.4 is 5.32 Å². The molecule has 0 aromatic heterocycles. The summed E-state index contributed by atoms with van der Waals surface area (Å²) in [7, 11) is 0. The number of piperidine rings is 1. The smallest absolute Gasteiger partial charge is 0.212 e. The van der Waals surface area contributed by atoms with Crippen LogP contribution in [-0.4, -0.2) is 26.0 Å². The Hall–Kier alpha value is -1.72. The number of nitrogens with zero attached hydrogens (tertiary/aromatic N) is 1. The van der Waals surface area contributed by atoms with Crippen LogP contribution in [0.2, 0.25) is 5.02 Å². The maximum Gasteiger partial charge on any atom is 0.212 e. The lowest BCUT2D eigenvalue weighted by atomic mass is 9.93. The minimum absolute atomic E-state index is 0.0303. The third-order valence-corrected chi connectivity index (χ3v) is 4.14. The van der Waals surface area contributed by atoms with E-state index >= 15 is 0 Å². The molecule has 1 aliphatic rings. The summed E-state index contributed by atoms with van der Waals surface area (Å²) < 4.78 is 32.8. The quantitative estimate of drug-likeness (QED) is 0.446. The highest BCUT2D eigenvalue weighted by Crippen LogP contribution is 2.20. The second-order valence-electron chi connectivity index (χ2n) is 5.62. The van der Waals surface area contributed by atoms with Crippen LogP contribution in [0.5, 0.6) is 0 Å². The maximum absolute atomic E-state index is 13.7. The highest BCUT2D eigenvalue weighted by Gasteiger charge is 2.22. The first kappa shape index (κ1) is 18.6. The lowest BCUT2D eigenvalue weighted by Crippen LogP contribution is -2.37. The van der Waals surface area contributed by atoms with Crippen molar-refractivity contribution in [3.05, 3.63) is 58.7 Å². The lowest BCUT2D eigenvalue weighted by molar-refractivity contribution is 0.182. The van der Waals surface area contributed by atoms with Crippen LogP contribution in [0.25, 0.3) is 0 Å². The van der Waals surface area contributed by atoms with Gasteiger partial charge in [0, 0.05) is 17.1 Å². The molecule has 0 radical (unpaired) electrons. The van der Waals surface area contributed by atoms with Crippen LogP contribution in [0.3, 0.4) is 0 Å². The summed E-state index contributed by atoms with van der Waals surface area (Å²) in [6, 6.07) is 4.39. The number of nitrogens with one attached hydrogen (secondary N) is 1. The number of hydrogen-bond acceptors (Lipinski definition) is 3. The molecular weight excluding hydrogens is 334 g/mol. The molecule has 1 aromatic carbocycles. The molecule has 2 unspecified atom stereocenters. The SMILES string of the molecule is C=N/C(=C\C=C/CC1CCNCC1F)OCc1ccc(Cl)cc1F. The fourth-order valence-corrected chi connectivity index (χ4v) is 2.64. The molecule has 6 heteroatoms. The second kappa shape index (κ2) is 9.55. The van der Waals surface area contributed by atoms with Gasteiger partial charge in [0.2, 0.25) is 5.88 Å². The molecule has 0 aliphatic carbocycles. The van der Waals surface area contributed by atoms with E-state index in [4.69, 9.17) is 16.3 Å². The third-order valence-electron chi connectivity index (χ3n) is 3.90. The van der Waals surface area contributed by atoms with Crippen LogP contribution in [0.1, 0.15) is 18.4 Å². The molecule has 0 bridgehead atoms. The maximum atomic E-state index is 13.7. The van der Waals surface area contributed by atoms with Gasteiger partial charge in [0.05, 0.1) is 0 Å². The van der Waals surface area contributed by atoms with Crippen molar-refractivity contribution in [2.75, 3.05) is 13.1 Å². The molecule has 2 atom stereocenters. The zero-order valence-corrected chi connectivity index (χ0v) is 14.1. The van der Waals surface area contributed by atoms with E-state index in [2.05, 4.69) is 17.0 Å². The molecule has 1 N–H and O–H groups in total. The van der Waals surface area contributed by atoms with Gasteiger partial charge >= 0.3 is 0 Å². The summed E-state index contributed by atoms with van der Waals surface area (Å²) in [5.74, 6) is -0.107. The van der Waals surface area contributed by atoms with E-state index in [1.807, 2.05) is 6.08 Å². The molecule has 1 aromatic rings. The molecule has 1 fully saturated rings. The van der Waals surface area contributed by atoms with Crippen LogP contribution in [0.4, 0.5) is 8.78 Å². The van der Waals surface area contributed by atoms with E-state index in [1.54, 1.807) is 24.3 Å². The van der Waals surface area contributed by atoms with Crippen LogP contribution in [0.15, 0.2) is 47.3 Å². The summed E-state index contributed by atoms with van der Waals surface area (Å²) >= 11 is 5.71. The van der Waals surface area contributed by atoms with Crippen LogP contribution >= 0.6 is 11.6 Å². The molecule has 1 aliphatic heterocycles. The highest BCUT2D eigenvalue weighted by atomic mass is 35.5. The lowest BCUT2D eigenvalue weighted by Gasteiger charge is -2.25. The van der Waals surface area contributed by atoms with Crippen molar-refractivity contribution >= 4 is 18.3 Å². The molecule has 0 amide bonds. The second-order valence-corrected chi connectivity index (χ2v) is 6.06. The van der Waals surface area contributed by atoms with E-state index in [-0.39, 0.29) is 18.4 Å². The minimum Gasteiger partial charge on any atom is -0.473 e. The van der Waals surface area contributed by atoms with Crippen LogP contribution in [0, 0.1) is 11.7 Å². The van der Waals surface area contributed by atoms with Gasteiger partial charge in [-0.05, 0) is 50.2 Å². The molecule has 2 rings (SSSR count). The summed E-state index contributed by atoms with van der Waals surface area (Å²) in [5.41, 5.74) is 0.382. The van der Waals surface area contributed by atoms with Gasteiger partial charge < -0.3 is 10.1 Å². The molecule has 24 heavy (non-hydrogen) atoms. The number of benzene rings is 1.